The second-order valence-electron chi connectivity index (χ2n) is 10.5. The Morgan fingerprint density at radius 3 is 2.64 bits per heavy atom. The van der Waals surface area contributed by atoms with Gasteiger partial charge in [-0.15, -0.1) is 11.3 Å². The smallest absolute Gasteiger partial charge is 0.225 e. The molecule has 36 heavy (non-hydrogen) atoms. The van der Waals surface area contributed by atoms with Crippen LogP contribution in [0.25, 0.3) is 20.8 Å². The first-order valence-electron chi connectivity index (χ1n) is 12.4. The number of hydrogen-bond donors (Lipinski definition) is 4. The van der Waals surface area contributed by atoms with Gasteiger partial charge < -0.3 is 20.8 Å². The molecule has 10 nitrogen and oxygen atoms in total. The SMILES string of the molecule is Cc1nc(NC2CC2)nc(NC2(O)CCC(CS(C)(=O)=O)C2O)c1-c1nc2c(C3CC3)nccc2s1. The molecule has 3 unspecified atom stereocenters. The Labute approximate surface area is 213 Å². The normalized spacial score (nSPS) is 26.4. The zero-order valence-electron chi connectivity index (χ0n) is 20.2. The molecule has 0 bridgehead atoms. The topological polar surface area (TPSA) is 150 Å². The number of fused-ring (bicyclic) bond motifs is 1. The van der Waals surface area contributed by atoms with Crippen LogP contribution in [0.2, 0.25) is 0 Å². The fourth-order valence-electron chi connectivity index (χ4n) is 5.04. The Bertz CT molecular complexity index is 1440. The summed E-state index contributed by atoms with van der Waals surface area (Å²) in [5, 5.41) is 29.5. The van der Waals surface area contributed by atoms with E-state index < -0.39 is 27.6 Å². The number of aryl methyl sites for hydroxylation is 1. The fraction of sp³-hybridized carbons (Fsp3) is 0.583. The monoisotopic (exact) mass is 530 g/mol. The van der Waals surface area contributed by atoms with E-state index in [9.17, 15) is 18.6 Å². The molecule has 3 saturated carbocycles. The first kappa shape index (κ1) is 24.0. The van der Waals surface area contributed by atoms with Gasteiger partial charge in [0.25, 0.3) is 0 Å². The van der Waals surface area contributed by atoms with Gasteiger partial charge in [0, 0.05) is 30.3 Å². The van der Waals surface area contributed by atoms with E-state index in [-0.39, 0.29) is 12.2 Å². The van der Waals surface area contributed by atoms with Crippen LogP contribution in [0.4, 0.5) is 11.8 Å². The molecule has 12 heteroatoms. The molecule has 0 aliphatic heterocycles. The summed E-state index contributed by atoms with van der Waals surface area (Å²) in [6.45, 7) is 1.88. The van der Waals surface area contributed by atoms with Crippen LogP contribution in [0, 0.1) is 12.8 Å². The molecule has 0 aromatic carbocycles. The second-order valence-corrected chi connectivity index (χ2v) is 13.7. The molecule has 3 aliphatic rings. The minimum Gasteiger partial charge on any atom is -0.388 e. The Hall–Kier alpha value is -2.41. The number of nitrogens with one attached hydrogen (secondary N) is 2. The summed E-state index contributed by atoms with van der Waals surface area (Å²) in [5.74, 6) is 0.517. The van der Waals surface area contributed by atoms with Crippen molar-refractivity contribution in [1.29, 1.82) is 0 Å². The highest BCUT2D eigenvalue weighted by atomic mass is 32.2. The highest BCUT2D eigenvalue weighted by molar-refractivity contribution is 7.90. The summed E-state index contributed by atoms with van der Waals surface area (Å²) < 4.78 is 24.7. The van der Waals surface area contributed by atoms with Crippen molar-refractivity contribution in [3.8, 4) is 10.6 Å². The third kappa shape index (κ3) is 4.67. The molecule has 3 atom stereocenters. The standard InChI is InChI=1S/C24H30N6O4S2/c1-12-17(22-28-19-16(35-22)8-10-25-18(19)13-3-4-13)21(29-23(26-12)27-15-5-6-15)30-24(32)9-7-14(20(24)31)11-36(2,33)34/h8,10,13-15,20,31-32H,3-7,9,11H2,1-2H3,(H2,26,27,29,30). The number of anilines is 2. The van der Waals surface area contributed by atoms with Gasteiger partial charge in [0.05, 0.1) is 27.4 Å². The first-order valence-corrected chi connectivity index (χ1v) is 15.2. The molecule has 0 radical (unpaired) electrons. The molecule has 0 saturated heterocycles. The van der Waals surface area contributed by atoms with E-state index in [1.54, 1.807) is 0 Å². The van der Waals surface area contributed by atoms with E-state index in [2.05, 4.69) is 20.6 Å². The van der Waals surface area contributed by atoms with Crippen LogP contribution in [0.1, 0.15) is 55.8 Å². The van der Waals surface area contributed by atoms with Crippen molar-refractivity contribution in [2.75, 3.05) is 22.6 Å². The van der Waals surface area contributed by atoms with Crippen molar-refractivity contribution in [1.82, 2.24) is 19.9 Å². The van der Waals surface area contributed by atoms with Crippen LogP contribution in [-0.2, 0) is 9.84 Å². The third-order valence-electron chi connectivity index (χ3n) is 7.20. The molecule has 192 valence electrons. The van der Waals surface area contributed by atoms with Crippen LogP contribution in [0.15, 0.2) is 12.3 Å². The summed E-state index contributed by atoms with van der Waals surface area (Å²) in [5.41, 5.74) is 1.53. The van der Waals surface area contributed by atoms with Gasteiger partial charge in [0.1, 0.15) is 32.3 Å². The lowest BCUT2D eigenvalue weighted by molar-refractivity contribution is -0.0442. The van der Waals surface area contributed by atoms with Crippen molar-refractivity contribution in [2.24, 2.45) is 5.92 Å². The number of nitrogens with zero attached hydrogens (tertiary/aromatic N) is 4. The lowest BCUT2D eigenvalue weighted by atomic mass is 10.0. The van der Waals surface area contributed by atoms with Crippen molar-refractivity contribution < 1.29 is 18.6 Å². The summed E-state index contributed by atoms with van der Waals surface area (Å²) in [4.78, 5) is 18.9. The van der Waals surface area contributed by atoms with E-state index in [0.717, 1.165) is 47.8 Å². The lowest BCUT2D eigenvalue weighted by Gasteiger charge is -2.31. The maximum atomic E-state index is 11.9. The highest BCUT2D eigenvalue weighted by Gasteiger charge is 2.48. The number of sulfone groups is 1. The van der Waals surface area contributed by atoms with E-state index in [1.807, 2.05) is 19.2 Å². The molecule has 6 rings (SSSR count). The zero-order chi connectivity index (χ0) is 25.2. The summed E-state index contributed by atoms with van der Waals surface area (Å²) in [6.07, 6.45) is 6.61. The quantitative estimate of drug-likeness (QED) is 0.320. The van der Waals surface area contributed by atoms with E-state index in [0.29, 0.717) is 46.4 Å². The highest BCUT2D eigenvalue weighted by Crippen LogP contribution is 2.45. The molecule has 3 aromatic heterocycles. The largest absolute Gasteiger partial charge is 0.388 e. The zero-order valence-corrected chi connectivity index (χ0v) is 21.9. The van der Waals surface area contributed by atoms with Gasteiger partial charge in [-0.05, 0) is 51.5 Å². The molecule has 3 aromatic rings. The molecule has 0 spiro atoms. The number of aromatic nitrogens is 4. The summed E-state index contributed by atoms with van der Waals surface area (Å²) in [6, 6.07) is 2.29. The van der Waals surface area contributed by atoms with Crippen LogP contribution in [0.5, 0.6) is 0 Å². The van der Waals surface area contributed by atoms with Crippen molar-refractivity contribution in [3.05, 3.63) is 23.7 Å². The van der Waals surface area contributed by atoms with Gasteiger partial charge >= 0.3 is 0 Å². The molecular formula is C24H30N6O4S2. The number of pyridine rings is 1. The molecule has 3 fully saturated rings. The van der Waals surface area contributed by atoms with Crippen molar-refractivity contribution >= 4 is 43.2 Å². The number of thiazole rings is 1. The van der Waals surface area contributed by atoms with Gasteiger partial charge in [-0.2, -0.15) is 4.98 Å². The number of hydrogen-bond acceptors (Lipinski definition) is 11. The van der Waals surface area contributed by atoms with E-state index in [1.165, 1.54) is 11.3 Å². The van der Waals surface area contributed by atoms with E-state index >= 15 is 0 Å². The van der Waals surface area contributed by atoms with Gasteiger partial charge in [-0.3, -0.25) is 4.98 Å². The molecular weight excluding hydrogens is 500 g/mol. The molecule has 3 aliphatic carbocycles. The minimum absolute atomic E-state index is 0.183. The molecule has 3 heterocycles. The summed E-state index contributed by atoms with van der Waals surface area (Å²) >= 11 is 1.52. The van der Waals surface area contributed by atoms with E-state index in [4.69, 9.17) is 9.97 Å². The van der Waals surface area contributed by atoms with Gasteiger partial charge in [0.2, 0.25) is 5.95 Å². The van der Waals surface area contributed by atoms with Gasteiger partial charge in [0.15, 0.2) is 5.72 Å². The Morgan fingerprint density at radius 2 is 1.94 bits per heavy atom. The maximum Gasteiger partial charge on any atom is 0.225 e. The van der Waals surface area contributed by atoms with Crippen LogP contribution in [-0.4, -0.2) is 68.4 Å². The Kier molecular flexibility index (Phi) is 5.71. The first-order chi connectivity index (χ1) is 17.1. The average molecular weight is 531 g/mol. The van der Waals surface area contributed by atoms with Crippen molar-refractivity contribution in [2.45, 2.75) is 69.2 Å². The van der Waals surface area contributed by atoms with Crippen molar-refractivity contribution in [3.63, 3.8) is 0 Å². The minimum atomic E-state index is -3.30. The van der Waals surface area contributed by atoms with Gasteiger partial charge in [-0.25, -0.2) is 18.4 Å². The second kappa shape index (κ2) is 8.57. The van der Waals surface area contributed by atoms with Crippen LogP contribution in [0.3, 0.4) is 0 Å². The number of aliphatic hydroxyl groups excluding tert-OH is 1. The Balaban J connectivity index is 1.40. The number of aliphatic hydroxyl groups is 2. The third-order valence-corrected chi connectivity index (χ3v) is 9.27. The predicted octanol–water partition coefficient (Wildman–Crippen LogP) is 2.82. The van der Waals surface area contributed by atoms with Crippen LogP contribution >= 0.6 is 11.3 Å². The van der Waals surface area contributed by atoms with Crippen LogP contribution < -0.4 is 10.6 Å². The van der Waals surface area contributed by atoms with Gasteiger partial charge in [-0.1, -0.05) is 0 Å². The number of rotatable bonds is 8. The molecule has 0 amide bonds. The maximum absolute atomic E-state index is 11.9. The summed E-state index contributed by atoms with van der Waals surface area (Å²) in [7, 11) is -3.30. The lowest BCUT2D eigenvalue weighted by Crippen LogP contribution is -2.48. The Morgan fingerprint density at radius 1 is 1.17 bits per heavy atom. The average Bonchev–Trinajstić information content (AvgIpc) is 3.72. The predicted molar refractivity (Wildman–Crippen MR) is 139 cm³/mol. The fourth-order valence-corrected chi connectivity index (χ4v) is 7.23. The molecule has 4 N–H and O–H groups in total.